The molecule has 1 N–H and O–H groups in total. The van der Waals surface area contributed by atoms with E-state index in [2.05, 4.69) is 14.7 Å². The first-order chi connectivity index (χ1) is 9.79. The van der Waals surface area contributed by atoms with Gasteiger partial charge in [0.25, 0.3) is 0 Å². The Bertz CT molecular complexity index is 683. The summed E-state index contributed by atoms with van der Waals surface area (Å²) in [5, 5.41) is 1.79. The van der Waals surface area contributed by atoms with Crippen LogP contribution in [0.25, 0.3) is 0 Å². The summed E-state index contributed by atoms with van der Waals surface area (Å²) in [6.07, 6.45) is -3.51. The zero-order valence-corrected chi connectivity index (χ0v) is 12.1. The van der Waals surface area contributed by atoms with E-state index in [0.717, 1.165) is 11.8 Å². The van der Waals surface area contributed by atoms with Crippen molar-refractivity contribution < 1.29 is 21.6 Å². The molecule has 0 aliphatic carbocycles. The molecule has 0 radical (unpaired) electrons. The summed E-state index contributed by atoms with van der Waals surface area (Å²) in [5.41, 5.74) is 1.24. The van der Waals surface area contributed by atoms with Crippen LogP contribution in [0.2, 0.25) is 0 Å². The van der Waals surface area contributed by atoms with Crippen LogP contribution in [-0.4, -0.2) is 24.9 Å². The zero-order chi connectivity index (χ0) is 15.5. The van der Waals surface area contributed by atoms with Gasteiger partial charge in [-0.05, 0) is 12.1 Å². The molecule has 0 spiro atoms. The van der Waals surface area contributed by atoms with E-state index in [1.54, 1.807) is 10.9 Å². The third-order valence-electron chi connectivity index (χ3n) is 2.49. The number of hydrogen-bond acceptors (Lipinski definition) is 5. The molecule has 0 bridgehead atoms. The predicted molar refractivity (Wildman–Crippen MR) is 70.2 cm³/mol. The van der Waals surface area contributed by atoms with Crippen LogP contribution >= 0.6 is 11.3 Å². The lowest BCUT2D eigenvalue weighted by atomic mass is 10.3. The molecule has 0 saturated heterocycles. The first kappa shape index (κ1) is 15.9. The molecule has 0 aliphatic heterocycles. The van der Waals surface area contributed by atoms with E-state index >= 15 is 0 Å². The number of thiazole rings is 1. The van der Waals surface area contributed by atoms with Gasteiger partial charge in [-0.25, -0.2) is 18.1 Å². The van der Waals surface area contributed by atoms with Crippen LogP contribution in [0.5, 0.6) is 0 Å². The van der Waals surface area contributed by atoms with Gasteiger partial charge in [-0.3, -0.25) is 4.98 Å². The van der Waals surface area contributed by atoms with E-state index in [4.69, 9.17) is 0 Å². The zero-order valence-electron chi connectivity index (χ0n) is 10.5. The average Bonchev–Trinajstić information content (AvgIpc) is 2.91. The minimum Gasteiger partial charge on any atom is -0.250 e. The highest BCUT2D eigenvalue weighted by molar-refractivity contribution is 7.89. The Morgan fingerprint density at radius 1 is 1.24 bits per heavy atom. The van der Waals surface area contributed by atoms with Crippen molar-refractivity contribution in [3.63, 3.8) is 0 Å². The highest BCUT2D eigenvalue weighted by Crippen LogP contribution is 2.27. The van der Waals surface area contributed by atoms with E-state index < -0.39 is 21.9 Å². The molecule has 0 aromatic carbocycles. The molecular weight excluding hydrogens is 327 g/mol. The summed E-state index contributed by atoms with van der Waals surface area (Å²) < 4.78 is 63.1. The standard InChI is InChI=1S/C11H10F3N3O2S2/c12-11(13,14)10-2-1-9(5-15-10)21(18,19)17-4-3-8-6-20-7-16-8/h1-2,5-7,17H,3-4H2. The first-order valence-electron chi connectivity index (χ1n) is 5.69. The van der Waals surface area contributed by atoms with Crippen LogP contribution < -0.4 is 4.72 Å². The third-order valence-corrected chi connectivity index (χ3v) is 4.58. The van der Waals surface area contributed by atoms with Gasteiger partial charge in [-0.1, -0.05) is 0 Å². The molecule has 0 aliphatic rings. The molecular formula is C11H10F3N3O2S2. The van der Waals surface area contributed by atoms with Crippen LogP contribution in [0.4, 0.5) is 13.2 Å². The number of alkyl halides is 3. The lowest BCUT2D eigenvalue weighted by molar-refractivity contribution is -0.141. The van der Waals surface area contributed by atoms with Crippen LogP contribution in [0.15, 0.2) is 34.1 Å². The summed E-state index contributed by atoms with van der Waals surface area (Å²) >= 11 is 1.39. The summed E-state index contributed by atoms with van der Waals surface area (Å²) in [4.78, 5) is 6.80. The highest BCUT2D eigenvalue weighted by atomic mass is 32.2. The number of sulfonamides is 1. The van der Waals surface area contributed by atoms with Crippen molar-refractivity contribution in [2.24, 2.45) is 0 Å². The van der Waals surface area contributed by atoms with Crippen LogP contribution in [-0.2, 0) is 22.6 Å². The molecule has 5 nitrogen and oxygen atoms in total. The molecule has 0 amide bonds. The summed E-state index contributed by atoms with van der Waals surface area (Å²) in [6, 6.07) is 1.51. The number of nitrogens with zero attached hydrogens (tertiary/aromatic N) is 2. The van der Waals surface area contributed by atoms with E-state index in [1.807, 2.05) is 0 Å². The van der Waals surface area contributed by atoms with Crippen molar-refractivity contribution in [3.05, 3.63) is 40.6 Å². The lowest BCUT2D eigenvalue weighted by Crippen LogP contribution is -2.26. The molecule has 0 fully saturated rings. The monoisotopic (exact) mass is 337 g/mol. The van der Waals surface area contributed by atoms with Crippen molar-refractivity contribution in [2.75, 3.05) is 6.54 Å². The van der Waals surface area contributed by atoms with Crippen molar-refractivity contribution >= 4 is 21.4 Å². The maximum atomic E-state index is 12.3. The van der Waals surface area contributed by atoms with Gasteiger partial charge in [0, 0.05) is 24.5 Å². The number of nitrogens with one attached hydrogen (secondary N) is 1. The van der Waals surface area contributed by atoms with Crippen molar-refractivity contribution in [1.82, 2.24) is 14.7 Å². The van der Waals surface area contributed by atoms with Crippen molar-refractivity contribution in [3.8, 4) is 0 Å². The number of hydrogen-bond donors (Lipinski definition) is 1. The van der Waals surface area contributed by atoms with Gasteiger partial charge in [0.05, 0.1) is 11.2 Å². The van der Waals surface area contributed by atoms with Gasteiger partial charge in [0.15, 0.2) is 0 Å². The van der Waals surface area contributed by atoms with Crippen LogP contribution in [0.1, 0.15) is 11.4 Å². The van der Waals surface area contributed by atoms with E-state index in [1.165, 1.54) is 11.3 Å². The molecule has 21 heavy (non-hydrogen) atoms. The quantitative estimate of drug-likeness (QED) is 0.907. The third kappa shape index (κ3) is 4.22. The number of halogens is 3. The summed E-state index contributed by atoms with van der Waals surface area (Å²) in [5.74, 6) is 0. The first-order valence-corrected chi connectivity index (χ1v) is 8.11. The van der Waals surface area contributed by atoms with Crippen LogP contribution in [0, 0.1) is 0 Å². The fraction of sp³-hybridized carbons (Fsp3) is 0.273. The summed E-state index contributed by atoms with van der Waals surface area (Å²) in [6.45, 7) is 0.104. The number of pyridine rings is 1. The molecule has 2 rings (SSSR count). The molecule has 2 heterocycles. The Labute approximate surface area is 122 Å². The molecule has 2 aromatic rings. The Kier molecular flexibility index (Phi) is 4.59. The molecule has 0 unspecified atom stereocenters. The average molecular weight is 337 g/mol. The van der Waals surface area contributed by atoms with E-state index in [0.29, 0.717) is 18.7 Å². The molecule has 2 aromatic heterocycles. The fourth-order valence-electron chi connectivity index (χ4n) is 1.46. The Balaban J connectivity index is 2.02. The smallest absolute Gasteiger partial charge is 0.250 e. The highest BCUT2D eigenvalue weighted by Gasteiger charge is 2.32. The number of rotatable bonds is 5. The van der Waals surface area contributed by atoms with Gasteiger partial charge in [0.2, 0.25) is 10.0 Å². The van der Waals surface area contributed by atoms with Gasteiger partial charge in [-0.15, -0.1) is 11.3 Å². The Hall–Kier alpha value is -1.52. The summed E-state index contributed by atoms with van der Waals surface area (Å²) in [7, 11) is -3.88. The van der Waals surface area contributed by atoms with Crippen LogP contribution in [0.3, 0.4) is 0 Å². The van der Waals surface area contributed by atoms with Gasteiger partial charge < -0.3 is 0 Å². The van der Waals surface area contributed by atoms with E-state index in [-0.39, 0.29) is 11.4 Å². The van der Waals surface area contributed by atoms with Gasteiger partial charge in [0.1, 0.15) is 10.6 Å². The van der Waals surface area contributed by atoms with E-state index in [9.17, 15) is 21.6 Å². The molecule has 0 atom stereocenters. The normalized spacial score (nSPS) is 12.5. The second kappa shape index (κ2) is 6.08. The Morgan fingerprint density at radius 3 is 2.52 bits per heavy atom. The molecule has 10 heteroatoms. The maximum absolute atomic E-state index is 12.3. The fourth-order valence-corrected chi connectivity index (χ4v) is 3.03. The number of aromatic nitrogens is 2. The van der Waals surface area contributed by atoms with Gasteiger partial charge in [-0.2, -0.15) is 13.2 Å². The second-order valence-electron chi connectivity index (χ2n) is 4.00. The topological polar surface area (TPSA) is 72.0 Å². The second-order valence-corrected chi connectivity index (χ2v) is 6.49. The lowest BCUT2D eigenvalue weighted by Gasteiger charge is -2.08. The minimum absolute atomic E-state index is 0.104. The van der Waals surface area contributed by atoms with Crippen molar-refractivity contribution in [2.45, 2.75) is 17.5 Å². The Morgan fingerprint density at radius 2 is 2.00 bits per heavy atom. The molecule has 0 saturated carbocycles. The van der Waals surface area contributed by atoms with Crippen molar-refractivity contribution in [1.29, 1.82) is 0 Å². The minimum atomic E-state index is -4.60. The maximum Gasteiger partial charge on any atom is 0.433 e. The SMILES string of the molecule is O=S(=O)(NCCc1cscn1)c1ccc(C(F)(F)F)nc1. The largest absolute Gasteiger partial charge is 0.433 e. The molecule has 114 valence electrons. The van der Waals surface area contributed by atoms with Gasteiger partial charge >= 0.3 is 6.18 Å². The predicted octanol–water partition coefficient (Wildman–Crippen LogP) is 2.08.